The van der Waals surface area contributed by atoms with Crippen molar-refractivity contribution in [2.24, 2.45) is 0 Å². The average Bonchev–Trinajstić information content (AvgIpc) is 2.69. The Kier molecular flexibility index (Phi) is 6.40. The van der Waals surface area contributed by atoms with Gasteiger partial charge >= 0.3 is 8.80 Å². The second kappa shape index (κ2) is 8.43. The first kappa shape index (κ1) is 23.5. The first-order valence-corrected chi connectivity index (χ1v) is 13.0. The zero-order chi connectivity index (χ0) is 23.4. The van der Waals surface area contributed by atoms with E-state index in [4.69, 9.17) is 0 Å². The van der Waals surface area contributed by atoms with Gasteiger partial charge in [-0.05, 0) is 150 Å². The molecule has 162 valence electrons. The van der Waals surface area contributed by atoms with Gasteiger partial charge in [-0.3, -0.25) is 0 Å². The van der Waals surface area contributed by atoms with Crippen LogP contribution < -0.4 is 15.6 Å². The molecule has 0 fully saturated rings. The molecule has 0 unspecified atom stereocenters. The fourth-order valence-electron chi connectivity index (χ4n) is 5.15. The number of rotatable bonds is 3. The molecule has 3 rings (SSSR count). The summed E-state index contributed by atoms with van der Waals surface area (Å²) in [5.74, 6) is 0. The number of aryl methyl sites for hydroxylation is 6. The monoisotopic (exact) mass is 427 g/mol. The fraction of sp³-hybridized carbons (Fsp3) is 0.400. The van der Waals surface area contributed by atoms with Crippen LogP contribution in [0.25, 0.3) is 0 Å². The van der Waals surface area contributed by atoms with Crippen molar-refractivity contribution in [3.8, 4) is 0 Å². The molecule has 0 atom stereocenters. The predicted octanol–water partition coefficient (Wildman–Crippen LogP) is 5.90. The van der Waals surface area contributed by atoms with Gasteiger partial charge in [0.2, 0.25) is 0 Å². The normalized spacial score (nSPS) is 11.2. The van der Waals surface area contributed by atoms with E-state index >= 15 is 0 Å². The van der Waals surface area contributed by atoms with Crippen LogP contribution in [0, 0.1) is 83.1 Å². The highest BCUT2D eigenvalue weighted by molar-refractivity contribution is 6.97. The lowest BCUT2D eigenvalue weighted by molar-refractivity contribution is 1.24. The molecule has 0 amide bonds. The molecule has 3 aromatic carbocycles. The third-order valence-corrected chi connectivity index (χ3v) is 11.6. The molecule has 0 saturated carbocycles. The van der Waals surface area contributed by atoms with Crippen molar-refractivity contribution in [2.45, 2.75) is 83.1 Å². The van der Waals surface area contributed by atoms with Crippen LogP contribution in [0.2, 0.25) is 0 Å². The Bertz CT molecular complexity index is 965. The van der Waals surface area contributed by atoms with Crippen LogP contribution in [0.1, 0.15) is 66.8 Å². The van der Waals surface area contributed by atoms with Crippen LogP contribution in [-0.2, 0) is 0 Å². The van der Waals surface area contributed by atoms with Gasteiger partial charge in [-0.25, -0.2) is 0 Å². The third kappa shape index (κ3) is 3.82. The van der Waals surface area contributed by atoms with E-state index < -0.39 is 8.80 Å². The lowest BCUT2D eigenvalue weighted by atomic mass is 10.0. The van der Waals surface area contributed by atoms with E-state index in [1.807, 2.05) is 0 Å². The Morgan fingerprint density at radius 3 is 0.645 bits per heavy atom. The first-order chi connectivity index (χ1) is 14.4. The predicted molar refractivity (Wildman–Crippen MR) is 141 cm³/mol. The van der Waals surface area contributed by atoms with Crippen LogP contribution in [0.15, 0.2) is 18.2 Å². The lowest BCUT2D eigenvalue weighted by Crippen LogP contribution is -2.58. The van der Waals surface area contributed by atoms with Gasteiger partial charge in [-0.15, -0.1) is 0 Å². The summed E-state index contributed by atoms with van der Waals surface area (Å²) in [7, 11) is -1.19. The summed E-state index contributed by atoms with van der Waals surface area (Å²) in [6, 6.07) is 7.11. The van der Waals surface area contributed by atoms with Crippen molar-refractivity contribution in [3.05, 3.63) is 85.0 Å². The molecule has 0 spiro atoms. The molecule has 0 aliphatic rings. The highest BCUT2D eigenvalue weighted by atomic mass is 28.3. The van der Waals surface area contributed by atoms with Crippen LogP contribution in [0.3, 0.4) is 0 Å². The summed E-state index contributed by atoms with van der Waals surface area (Å²) >= 11 is 0. The minimum Gasteiger partial charge on any atom is -0.0556 e. The van der Waals surface area contributed by atoms with E-state index in [0.717, 1.165) is 0 Å². The second-order valence-corrected chi connectivity index (χ2v) is 12.0. The van der Waals surface area contributed by atoms with Gasteiger partial charge in [0.15, 0.2) is 0 Å². The van der Waals surface area contributed by atoms with Crippen molar-refractivity contribution in [3.63, 3.8) is 0 Å². The zero-order valence-electron chi connectivity index (χ0n) is 21.7. The topological polar surface area (TPSA) is 0 Å². The van der Waals surface area contributed by atoms with E-state index in [-0.39, 0.29) is 0 Å². The smallest absolute Gasteiger partial charge is 0.0556 e. The van der Waals surface area contributed by atoms with Crippen LogP contribution >= 0.6 is 0 Å². The van der Waals surface area contributed by atoms with Gasteiger partial charge in [0.1, 0.15) is 15.6 Å². The van der Waals surface area contributed by atoms with E-state index in [0.29, 0.717) is 0 Å². The molecule has 0 aliphatic carbocycles. The summed E-state index contributed by atoms with van der Waals surface area (Å²) < 4.78 is 0. The molecular formula is C30H39Si+. The molecule has 0 nitrogen and oxygen atoms in total. The highest BCUT2D eigenvalue weighted by Crippen LogP contribution is 2.21. The molecular weight excluding hydrogens is 388 g/mol. The quantitative estimate of drug-likeness (QED) is 0.360. The van der Waals surface area contributed by atoms with E-state index in [1.165, 1.54) is 66.8 Å². The van der Waals surface area contributed by atoms with Gasteiger partial charge in [-0.2, -0.15) is 0 Å². The SMILES string of the molecule is Cc1cc(C)c(C)c([Si+](c2c(C)c(C)cc(C)c2C)c2c(C)c(C)cc(C)c2C)c1C. The molecule has 0 aliphatic heterocycles. The van der Waals surface area contributed by atoms with Gasteiger partial charge in [0.25, 0.3) is 0 Å². The molecule has 0 aromatic heterocycles. The molecule has 0 radical (unpaired) electrons. The fourth-order valence-corrected chi connectivity index (χ4v) is 9.33. The van der Waals surface area contributed by atoms with Crippen LogP contribution in [0.4, 0.5) is 0 Å². The van der Waals surface area contributed by atoms with Crippen molar-refractivity contribution >= 4 is 24.4 Å². The van der Waals surface area contributed by atoms with E-state index in [1.54, 1.807) is 15.6 Å². The Morgan fingerprint density at radius 1 is 0.323 bits per heavy atom. The molecule has 0 saturated heterocycles. The Labute approximate surface area is 192 Å². The van der Waals surface area contributed by atoms with E-state index in [9.17, 15) is 0 Å². The minimum absolute atomic E-state index is 1.19. The Morgan fingerprint density at radius 2 is 0.484 bits per heavy atom. The second-order valence-electron chi connectivity index (χ2n) is 9.78. The summed E-state index contributed by atoms with van der Waals surface area (Å²) in [6.07, 6.45) is 0. The van der Waals surface area contributed by atoms with E-state index in [2.05, 4.69) is 101 Å². The summed E-state index contributed by atoms with van der Waals surface area (Å²) in [5, 5.41) is 4.82. The standard InChI is InChI=1S/C30H39Si/c1-16-13-17(2)23(8)28(22(16)7)31(29-24(9)18(3)14-19(4)25(29)10)30-26(11)20(5)15-21(6)27(30)12/h13-15H,1-12H3/q+1. The zero-order valence-corrected chi connectivity index (χ0v) is 22.7. The summed E-state index contributed by atoms with van der Waals surface area (Å²) in [5.41, 5.74) is 17.4. The lowest BCUT2D eigenvalue weighted by Gasteiger charge is -2.21. The third-order valence-electron chi connectivity index (χ3n) is 7.85. The van der Waals surface area contributed by atoms with Crippen molar-refractivity contribution < 1.29 is 0 Å². The maximum Gasteiger partial charge on any atom is 0.430 e. The Hall–Kier alpha value is -2.12. The van der Waals surface area contributed by atoms with Crippen LogP contribution in [0.5, 0.6) is 0 Å². The number of hydrogen-bond acceptors (Lipinski definition) is 0. The van der Waals surface area contributed by atoms with Gasteiger partial charge in [0, 0.05) is 0 Å². The molecule has 0 N–H and O–H groups in total. The molecule has 3 aromatic rings. The summed E-state index contributed by atoms with van der Waals surface area (Å²) in [6.45, 7) is 27.8. The average molecular weight is 428 g/mol. The molecule has 0 heterocycles. The molecule has 0 bridgehead atoms. The largest absolute Gasteiger partial charge is 0.430 e. The molecule has 31 heavy (non-hydrogen) atoms. The van der Waals surface area contributed by atoms with Gasteiger partial charge in [-0.1, -0.05) is 18.2 Å². The minimum atomic E-state index is -1.19. The van der Waals surface area contributed by atoms with Crippen LogP contribution in [-0.4, -0.2) is 8.80 Å². The van der Waals surface area contributed by atoms with Crippen molar-refractivity contribution in [2.75, 3.05) is 0 Å². The van der Waals surface area contributed by atoms with Gasteiger partial charge in [0.05, 0.1) is 0 Å². The van der Waals surface area contributed by atoms with Crippen molar-refractivity contribution in [1.29, 1.82) is 0 Å². The van der Waals surface area contributed by atoms with Crippen molar-refractivity contribution in [1.82, 2.24) is 0 Å². The highest BCUT2D eigenvalue weighted by Gasteiger charge is 2.45. The van der Waals surface area contributed by atoms with Gasteiger partial charge < -0.3 is 0 Å². The molecule has 1 heteroatoms. The maximum absolute atomic E-state index is 2.37. The first-order valence-electron chi connectivity index (χ1n) is 11.5. The summed E-state index contributed by atoms with van der Waals surface area (Å²) in [4.78, 5) is 0. The number of hydrogen-bond donors (Lipinski definition) is 0. The Balaban J connectivity index is 2.61. The maximum atomic E-state index is 2.37. The number of benzene rings is 3.